The number of hydrogen-bond acceptors (Lipinski definition) is 7. The standard InChI is InChI=1S/C23H26ClN5O3S2/c1-15-6-5-13-29(14-15)18-11-9-17(10-12-18)16(2)28-34(31,32)23-27-26-22(33-23)25-21(30)19-7-3-4-8-20(19)24/h3-4,7-12,15-16,28H,5-6,13-14H2,1-2H3,(H,25,26,30). The number of carbonyl (C=O) groups excluding carboxylic acids is 1. The largest absolute Gasteiger partial charge is 0.371 e. The third-order valence-corrected chi connectivity index (χ3v) is 8.80. The average Bonchev–Trinajstić information content (AvgIpc) is 3.29. The van der Waals surface area contributed by atoms with Gasteiger partial charge < -0.3 is 4.90 Å². The minimum absolute atomic E-state index is 0.0676. The molecule has 0 saturated carbocycles. The van der Waals surface area contributed by atoms with Crippen LogP contribution < -0.4 is 14.9 Å². The molecular formula is C23H26ClN5O3S2. The van der Waals surface area contributed by atoms with Gasteiger partial charge in [-0.05, 0) is 55.5 Å². The van der Waals surface area contributed by atoms with E-state index in [9.17, 15) is 13.2 Å². The SMILES string of the molecule is CC1CCCN(c2ccc(C(C)NS(=O)(=O)c3nnc(NC(=O)c4ccccc4Cl)s3)cc2)C1. The second-order valence-corrected chi connectivity index (χ2v) is 11.7. The molecule has 4 rings (SSSR count). The summed E-state index contributed by atoms with van der Waals surface area (Å²) in [5.41, 5.74) is 2.25. The topological polar surface area (TPSA) is 104 Å². The third-order valence-electron chi connectivity index (χ3n) is 5.72. The van der Waals surface area contributed by atoms with Gasteiger partial charge in [0.1, 0.15) is 0 Å². The average molecular weight is 520 g/mol. The van der Waals surface area contributed by atoms with E-state index in [0.717, 1.165) is 35.7 Å². The van der Waals surface area contributed by atoms with Gasteiger partial charge in [0.15, 0.2) is 0 Å². The van der Waals surface area contributed by atoms with Crippen molar-refractivity contribution in [3.63, 3.8) is 0 Å². The van der Waals surface area contributed by atoms with Gasteiger partial charge in [-0.3, -0.25) is 10.1 Å². The summed E-state index contributed by atoms with van der Waals surface area (Å²) in [6.45, 7) is 6.11. The van der Waals surface area contributed by atoms with Crippen LogP contribution in [0, 0.1) is 5.92 Å². The van der Waals surface area contributed by atoms with Gasteiger partial charge in [-0.1, -0.05) is 54.1 Å². The number of benzene rings is 2. The molecule has 1 aliphatic heterocycles. The Morgan fingerprint density at radius 2 is 1.91 bits per heavy atom. The fourth-order valence-corrected chi connectivity index (χ4v) is 6.29. The lowest BCUT2D eigenvalue weighted by atomic mass is 9.99. The van der Waals surface area contributed by atoms with Crippen LogP contribution in [-0.2, 0) is 10.0 Å². The molecule has 180 valence electrons. The minimum Gasteiger partial charge on any atom is -0.371 e. The van der Waals surface area contributed by atoms with E-state index in [0.29, 0.717) is 5.92 Å². The number of rotatable bonds is 7. The molecule has 0 radical (unpaired) electrons. The van der Waals surface area contributed by atoms with Gasteiger partial charge in [-0.25, -0.2) is 13.1 Å². The normalized spacial score (nSPS) is 17.4. The zero-order chi connectivity index (χ0) is 24.3. The Balaban J connectivity index is 1.40. The van der Waals surface area contributed by atoms with Crippen molar-refractivity contribution in [3.8, 4) is 0 Å². The van der Waals surface area contributed by atoms with Crippen LogP contribution in [0.25, 0.3) is 0 Å². The Labute approximate surface area is 208 Å². The highest BCUT2D eigenvalue weighted by molar-refractivity contribution is 7.91. The number of sulfonamides is 1. The van der Waals surface area contributed by atoms with Crippen LogP contribution in [0.2, 0.25) is 5.02 Å². The quantitative estimate of drug-likeness (QED) is 0.438. The molecule has 2 atom stereocenters. The van der Waals surface area contributed by atoms with Crippen molar-refractivity contribution >= 4 is 49.7 Å². The van der Waals surface area contributed by atoms with Gasteiger partial charge in [0, 0.05) is 24.8 Å². The number of anilines is 2. The zero-order valence-corrected chi connectivity index (χ0v) is 21.3. The second-order valence-electron chi connectivity index (χ2n) is 8.44. The van der Waals surface area contributed by atoms with E-state index in [4.69, 9.17) is 11.6 Å². The van der Waals surface area contributed by atoms with Gasteiger partial charge in [-0.2, -0.15) is 0 Å². The van der Waals surface area contributed by atoms with Gasteiger partial charge in [-0.15, -0.1) is 10.2 Å². The van der Waals surface area contributed by atoms with E-state index in [1.807, 2.05) is 24.3 Å². The molecule has 0 aliphatic carbocycles. The summed E-state index contributed by atoms with van der Waals surface area (Å²) in [4.78, 5) is 14.8. The fourth-order valence-electron chi connectivity index (χ4n) is 3.93. The molecule has 1 aromatic heterocycles. The highest BCUT2D eigenvalue weighted by Gasteiger charge is 2.24. The van der Waals surface area contributed by atoms with E-state index in [2.05, 4.69) is 32.1 Å². The van der Waals surface area contributed by atoms with Crippen LogP contribution in [0.1, 0.15) is 48.7 Å². The molecule has 1 saturated heterocycles. The van der Waals surface area contributed by atoms with Crippen LogP contribution in [0.5, 0.6) is 0 Å². The predicted octanol–water partition coefficient (Wildman–Crippen LogP) is 4.72. The molecule has 1 aliphatic rings. The second kappa shape index (κ2) is 10.4. The molecule has 2 heterocycles. The lowest BCUT2D eigenvalue weighted by Crippen LogP contribution is -2.34. The zero-order valence-electron chi connectivity index (χ0n) is 18.9. The summed E-state index contributed by atoms with van der Waals surface area (Å²) >= 11 is 6.81. The van der Waals surface area contributed by atoms with Crippen molar-refractivity contribution in [2.75, 3.05) is 23.3 Å². The van der Waals surface area contributed by atoms with E-state index in [1.54, 1.807) is 31.2 Å². The number of halogens is 1. The highest BCUT2D eigenvalue weighted by atomic mass is 35.5. The van der Waals surface area contributed by atoms with Crippen LogP contribution in [0.3, 0.4) is 0 Å². The Hall–Kier alpha value is -2.53. The van der Waals surface area contributed by atoms with Crippen molar-refractivity contribution in [3.05, 3.63) is 64.7 Å². The van der Waals surface area contributed by atoms with Gasteiger partial charge in [0.2, 0.25) is 9.47 Å². The van der Waals surface area contributed by atoms with Crippen LogP contribution in [-0.4, -0.2) is 37.6 Å². The first-order valence-electron chi connectivity index (χ1n) is 11.0. The van der Waals surface area contributed by atoms with E-state index in [-0.39, 0.29) is 20.1 Å². The third kappa shape index (κ3) is 5.75. The van der Waals surface area contributed by atoms with Crippen LogP contribution in [0.4, 0.5) is 10.8 Å². The number of piperidine rings is 1. The molecule has 0 bridgehead atoms. The number of nitrogens with zero attached hydrogens (tertiary/aromatic N) is 3. The number of hydrogen-bond donors (Lipinski definition) is 2. The minimum atomic E-state index is -3.93. The smallest absolute Gasteiger partial charge is 0.270 e. The van der Waals surface area contributed by atoms with Gasteiger partial charge in [0.25, 0.3) is 15.9 Å². The highest BCUT2D eigenvalue weighted by Crippen LogP contribution is 2.27. The fraction of sp³-hybridized carbons (Fsp3) is 0.348. The molecule has 11 heteroatoms. The molecule has 2 unspecified atom stereocenters. The van der Waals surface area contributed by atoms with Crippen LogP contribution in [0.15, 0.2) is 52.9 Å². The summed E-state index contributed by atoms with van der Waals surface area (Å²) in [5, 5.41) is 10.4. The van der Waals surface area contributed by atoms with E-state index < -0.39 is 22.0 Å². The number of aromatic nitrogens is 2. The van der Waals surface area contributed by atoms with Crippen molar-refractivity contribution in [1.82, 2.24) is 14.9 Å². The van der Waals surface area contributed by atoms with Gasteiger partial charge in [0.05, 0.1) is 10.6 Å². The molecule has 2 aromatic carbocycles. The van der Waals surface area contributed by atoms with Crippen molar-refractivity contribution in [2.45, 2.75) is 37.1 Å². The number of amides is 1. The van der Waals surface area contributed by atoms with E-state index in [1.165, 1.54) is 12.8 Å². The van der Waals surface area contributed by atoms with Crippen molar-refractivity contribution in [2.24, 2.45) is 5.92 Å². The summed E-state index contributed by atoms with van der Waals surface area (Å²) in [7, 11) is -3.93. The monoisotopic (exact) mass is 519 g/mol. The lowest BCUT2D eigenvalue weighted by molar-refractivity contribution is 0.102. The molecular weight excluding hydrogens is 494 g/mol. The van der Waals surface area contributed by atoms with Gasteiger partial charge >= 0.3 is 0 Å². The summed E-state index contributed by atoms with van der Waals surface area (Å²) in [5.74, 6) is 0.181. The molecule has 3 aromatic rings. The first-order chi connectivity index (χ1) is 16.2. The van der Waals surface area contributed by atoms with E-state index >= 15 is 0 Å². The molecule has 1 amide bonds. The maximum Gasteiger partial charge on any atom is 0.270 e. The molecule has 8 nitrogen and oxygen atoms in total. The number of nitrogens with one attached hydrogen (secondary N) is 2. The van der Waals surface area contributed by atoms with Crippen molar-refractivity contribution < 1.29 is 13.2 Å². The Morgan fingerprint density at radius 3 is 2.62 bits per heavy atom. The number of carbonyl (C=O) groups is 1. The molecule has 2 N–H and O–H groups in total. The summed E-state index contributed by atoms with van der Waals surface area (Å²) in [6, 6.07) is 14.0. The summed E-state index contributed by atoms with van der Waals surface area (Å²) < 4.78 is 28.1. The lowest BCUT2D eigenvalue weighted by Gasteiger charge is -2.33. The maximum atomic E-state index is 12.8. The first-order valence-corrected chi connectivity index (χ1v) is 13.7. The Kier molecular flexibility index (Phi) is 7.51. The summed E-state index contributed by atoms with van der Waals surface area (Å²) in [6.07, 6.45) is 2.44. The van der Waals surface area contributed by atoms with Crippen molar-refractivity contribution in [1.29, 1.82) is 0 Å². The predicted molar refractivity (Wildman–Crippen MR) is 135 cm³/mol. The molecule has 1 fully saturated rings. The van der Waals surface area contributed by atoms with Crippen LogP contribution >= 0.6 is 22.9 Å². The first kappa shape index (κ1) is 24.6. The Morgan fingerprint density at radius 1 is 1.18 bits per heavy atom. The molecule has 34 heavy (non-hydrogen) atoms. The Bertz CT molecular complexity index is 1260. The maximum absolute atomic E-state index is 12.8. The molecule has 0 spiro atoms.